The molecule has 6 nitrogen and oxygen atoms in total. The Bertz CT molecular complexity index is 1130. The fourth-order valence-corrected chi connectivity index (χ4v) is 4.94. The molecule has 0 unspecified atom stereocenters. The van der Waals surface area contributed by atoms with Crippen LogP contribution < -0.4 is 5.32 Å². The highest BCUT2D eigenvalue weighted by Crippen LogP contribution is 2.34. The van der Waals surface area contributed by atoms with E-state index in [0.29, 0.717) is 35.1 Å². The van der Waals surface area contributed by atoms with E-state index in [1.807, 2.05) is 30.3 Å². The molecule has 28 heavy (non-hydrogen) atoms. The summed E-state index contributed by atoms with van der Waals surface area (Å²) >= 11 is 6.08. The van der Waals surface area contributed by atoms with E-state index in [9.17, 15) is 8.42 Å². The maximum atomic E-state index is 12.5. The third-order valence-corrected chi connectivity index (χ3v) is 6.58. The molecule has 0 spiro atoms. The second-order valence-electron chi connectivity index (χ2n) is 6.55. The molecular weight excluding hydrogens is 398 g/mol. The summed E-state index contributed by atoms with van der Waals surface area (Å²) in [6, 6.07) is 14.6. The van der Waals surface area contributed by atoms with E-state index < -0.39 is 9.84 Å². The first-order valence-electron chi connectivity index (χ1n) is 8.83. The number of nitrogens with one attached hydrogen (secondary N) is 1. The molecule has 0 bridgehead atoms. The summed E-state index contributed by atoms with van der Waals surface area (Å²) < 4.78 is 25.1. The molecule has 0 saturated carbocycles. The smallest absolute Gasteiger partial charge is 0.184 e. The van der Waals surface area contributed by atoms with E-state index in [-0.39, 0.29) is 23.1 Å². The van der Waals surface area contributed by atoms with Gasteiger partial charge in [0.25, 0.3) is 0 Å². The van der Waals surface area contributed by atoms with Crippen LogP contribution in [0.2, 0.25) is 5.02 Å². The molecule has 2 aromatic carbocycles. The number of aromatic nitrogens is 2. The number of nitrogens with zero attached hydrogens (tertiary/aromatic N) is 2. The van der Waals surface area contributed by atoms with Crippen LogP contribution in [0.25, 0.3) is 11.4 Å². The Labute approximate surface area is 168 Å². The highest BCUT2D eigenvalue weighted by Gasteiger charge is 2.32. The highest BCUT2D eigenvalue weighted by atomic mass is 35.5. The molecule has 4 rings (SSSR count). The Kier molecular flexibility index (Phi) is 5.05. The lowest BCUT2D eigenvalue weighted by molar-refractivity contribution is 0.299. The fourth-order valence-electron chi connectivity index (χ4n) is 3.19. The number of aliphatic hydroxyl groups excluding tert-OH is 1. The molecule has 3 aromatic rings. The number of hydrogen-bond donors (Lipinski definition) is 2. The van der Waals surface area contributed by atoms with Crippen LogP contribution in [0.15, 0.2) is 53.4 Å². The fraction of sp³-hybridized carbons (Fsp3) is 0.200. The summed E-state index contributed by atoms with van der Waals surface area (Å²) in [6.07, 6.45) is 0.925. The number of rotatable bonds is 5. The van der Waals surface area contributed by atoms with Gasteiger partial charge in [-0.25, -0.2) is 18.4 Å². The van der Waals surface area contributed by atoms with Crippen LogP contribution in [0.5, 0.6) is 0 Å². The van der Waals surface area contributed by atoms with Crippen LogP contribution in [-0.2, 0) is 22.7 Å². The third kappa shape index (κ3) is 3.73. The first-order chi connectivity index (χ1) is 13.5. The lowest BCUT2D eigenvalue weighted by atomic mass is 10.1. The summed E-state index contributed by atoms with van der Waals surface area (Å²) in [5.74, 6) is 0.727. The maximum Gasteiger partial charge on any atom is 0.184 e. The second-order valence-corrected chi connectivity index (χ2v) is 9.03. The van der Waals surface area contributed by atoms with Crippen LogP contribution in [0.4, 0.5) is 11.5 Å². The zero-order chi connectivity index (χ0) is 19.7. The van der Waals surface area contributed by atoms with Crippen LogP contribution in [0.3, 0.4) is 0 Å². The van der Waals surface area contributed by atoms with Crippen molar-refractivity contribution in [1.29, 1.82) is 0 Å². The molecule has 1 aliphatic rings. The minimum Gasteiger partial charge on any atom is -0.396 e. The van der Waals surface area contributed by atoms with E-state index >= 15 is 0 Å². The van der Waals surface area contributed by atoms with Gasteiger partial charge in [-0.2, -0.15) is 0 Å². The van der Waals surface area contributed by atoms with Gasteiger partial charge in [0.15, 0.2) is 21.5 Å². The van der Waals surface area contributed by atoms with Gasteiger partial charge in [-0.05, 0) is 36.2 Å². The predicted octanol–water partition coefficient (Wildman–Crippen LogP) is 3.41. The number of halogens is 1. The first-order valence-corrected chi connectivity index (χ1v) is 10.9. The van der Waals surface area contributed by atoms with Crippen molar-refractivity contribution in [2.24, 2.45) is 0 Å². The van der Waals surface area contributed by atoms with Crippen molar-refractivity contribution < 1.29 is 13.5 Å². The summed E-state index contributed by atoms with van der Waals surface area (Å²) in [6.45, 7) is 0.0768. The standard InChI is InChI=1S/C20H18ClN3O3S/c21-15-3-1-2-14(12-15)19-23-17-9-11-28(26,27)18(17)20(24-19)22-16-6-4-13(5-7-16)8-10-25/h1-7,12,25H,8-11H2,(H,22,23,24). The zero-order valence-corrected chi connectivity index (χ0v) is 16.5. The number of anilines is 2. The van der Waals surface area contributed by atoms with Crippen molar-refractivity contribution in [3.63, 3.8) is 0 Å². The minimum atomic E-state index is -3.43. The van der Waals surface area contributed by atoms with Crippen molar-refractivity contribution in [2.45, 2.75) is 17.7 Å². The van der Waals surface area contributed by atoms with Crippen molar-refractivity contribution in [1.82, 2.24) is 9.97 Å². The topological polar surface area (TPSA) is 92.2 Å². The van der Waals surface area contributed by atoms with Gasteiger partial charge in [0.2, 0.25) is 0 Å². The third-order valence-electron chi connectivity index (χ3n) is 4.55. The van der Waals surface area contributed by atoms with E-state index in [1.54, 1.807) is 18.2 Å². The van der Waals surface area contributed by atoms with Gasteiger partial charge in [-0.15, -0.1) is 0 Å². The molecule has 2 heterocycles. The number of benzene rings is 2. The summed E-state index contributed by atoms with van der Waals surface area (Å²) in [5, 5.41) is 12.7. The molecule has 0 aliphatic carbocycles. The Morgan fingerprint density at radius 2 is 1.89 bits per heavy atom. The monoisotopic (exact) mass is 415 g/mol. The van der Waals surface area contributed by atoms with Crippen LogP contribution >= 0.6 is 11.6 Å². The number of aryl methyl sites for hydroxylation is 1. The van der Waals surface area contributed by atoms with Gasteiger partial charge in [0, 0.05) is 29.3 Å². The van der Waals surface area contributed by atoms with Gasteiger partial charge in [0.1, 0.15) is 4.90 Å². The quantitative estimate of drug-likeness (QED) is 0.663. The Morgan fingerprint density at radius 1 is 1.11 bits per heavy atom. The first kappa shape index (κ1) is 18.9. The second kappa shape index (κ2) is 7.50. The van der Waals surface area contributed by atoms with E-state index in [0.717, 1.165) is 11.1 Å². The maximum absolute atomic E-state index is 12.5. The van der Waals surface area contributed by atoms with E-state index in [4.69, 9.17) is 16.7 Å². The minimum absolute atomic E-state index is 0.0279. The highest BCUT2D eigenvalue weighted by molar-refractivity contribution is 7.91. The molecular formula is C20H18ClN3O3S. The predicted molar refractivity (Wildman–Crippen MR) is 109 cm³/mol. The number of fused-ring (bicyclic) bond motifs is 1. The van der Waals surface area contributed by atoms with Crippen molar-refractivity contribution >= 4 is 32.9 Å². The Morgan fingerprint density at radius 3 is 2.61 bits per heavy atom. The molecule has 0 amide bonds. The zero-order valence-electron chi connectivity index (χ0n) is 14.9. The molecule has 0 radical (unpaired) electrons. The molecule has 2 N–H and O–H groups in total. The Balaban J connectivity index is 1.78. The van der Waals surface area contributed by atoms with Gasteiger partial charge in [-0.1, -0.05) is 35.9 Å². The van der Waals surface area contributed by atoms with Crippen molar-refractivity contribution in [2.75, 3.05) is 17.7 Å². The average Bonchev–Trinajstić information content (AvgIpc) is 2.99. The molecule has 8 heteroatoms. The van der Waals surface area contributed by atoms with Gasteiger partial charge >= 0.3 is 0 Å². The number of hydrogen-bond acceptors (Lipinski definition) is 6. The number of sulfone groups is 1. The van der Waals surface area contributed by atoms with Crippen LogP contribution in [0.1, 0.15) is 11.3 Å². The van der Waals surface area contributed by atoms with E-state index in [2.05, 4.69) is 15.3 Å². The van der Waals surface area contributed by atoms with Crippen molar-refractivity contribution in [3.8, 4) is 11.4 Å². The van der Waals surface area contributed by atoms with Crippen LogP contribution in [0, 0.1) is 0 Å². The molecule has 1 aromatic heterocycles. The lowest BCUT2D eigenvalue weighted by Gasteiger charge is -2.12. The summed E-state index contributed by atoms with van der Waals surface area (Å²) in [7, 11) is -3.43. The summed E-state index contributed by atoms with van der Waals surface area (Å²) in [5.41, 5.74) is 2.94. The Hall–Kier alpha value is -2.48. The normalized spacial score (nSPS) is 14.6. The van der Waals surface area contributed by atoms with Gasteiger partial charge in [-0.3, -0.25) is 0 Å². The van der Waals surface area contributed by atoms with Gasteiger partial charge in [0.05, 0.1) is 11.4 Å². The number of aliphatic hydroxyl groups is 1. The molecule has 144 valence electrons. The largest absolute Gasteiger partial charge is 0.396 e. The summed E-state index contributed by atoms with van der Waals surface area (Å²) in [4.78, 5) is 9.15. The van der Waals surface area contributed by atoms with E-state index in [1.165, 1.54) is 0 Å². The molecule has 0 fully saturated rings. The molecule has 0 saturated heterocycles. The average molecular weight is 416 g/mol. The molecule has 0 atom stereocenters. The lowest BCUT2D eigenvalue weighted by Crippen LogP contribution is -2.07. The van der Waals surface area contributed by atoms with Crippen LogP contribution in [-0.4, -0.2) is 35.9 Å². The van der Waals surface area contributed by atoms with Gasteiger partial charge < -0.3 is 10.4 Å². The molecule has 1 aliphatic heterocycles. The SMILES string of the molecule is O=S1(=O)CCc2nc(-c3cccc(Cl)c3)nc(Nc3ccc(CCO)cc3)c21. The van der Waals surface area contributed by atoms with Crippen molar-refractivity contribution in [3.05, 3.63) is 64.8 Å².